The average molecular weight is 350 g/mol. The van der Waals surface area contributed by atoms with Gasteiger partial charge in [0.1, 0.15) is 5.69 Å². The molecule has 3 N–H and O–H groups in total. The number of benzene rings is 2. The number of nitrogens with one attached hydrogen (secondary N) is 1. The number of ether oxygens (including phenoxy) is 1. The number of nitrogens with zero attached hydrogens (tertiary/aromatic N) is 1. The monoisotopic (exact) mass is 349 g/mol. The number of esters is 1. The third kappa shape index (κ3) is 4.20. The van der Waals surface area contributed by atoms with Crippen LogP contribution in [0.3, 0.4) is 0 Å². The SMILES string of the molecule is Nc1cc(C(=O)OCC(=O)Nc2ccccc2[N+](=O)[O-])ccc1Cl. The number of nitro groups is 1. The lowest BCUT2D eigenvalue weighted by Gasteiger charge is -2.07. The summed E-state index contributed by atoms with van der Waals surface area (Å²) in [6, 6.07) is 9.78. The molecule has 0 saturated carbocycles. The predicted octanol–water partition coefficient (Wildman–Crippen LogP) is 2.63. The molecule has 2 aromatic carbocycles. The highest BCUT2D eigenvalue weighted by atomic mass is 35.5. The van der Waals surface area contributed by atoms with Crippen LogP contribution in [0.2, 0.25) is 5.02 Å². The van der Waals surface area contributed by atoms with Crippen molar-refractivity contribution in [3.8, 4) is 0 Å². The Morgan fingerprint density at radius 2 is 1.96 bits per heavy atom. The van der Waals surface area contributed by atoms with Gasteiger partial charge in [0.15, 0.2) is 6.61 Å². The van der Waals surface area contributed by atoms with E-state index in [0.29, 0.717) is 5.02 Å². The van der Waals surface area contributed by atoms with Crippen molar-refractivity contribution >= 4 is 40.5 Å². The number of nitro benzene ring substituents is 1. The molecule has 0 heterocycles. The standard InChI is InChI=1S/C15H12ClN3O5/c16-10-6-5-9(7-11(10)17)15(21)24-8-14(20)18-12-3-1-2-4-13(12)19(22)23/h1-7H,8,17H2,(H,18,20). The summed E-state index contributed by atoms with van der Waals surface area (Å²) in [7, 11) is 0. The second-order valence-electron chi connectivity index (χ2n) is 4.63. The van der Waals surface area contributed by atoms with Crippen LogP contribution < -0.4 is 11.1 Å². The van der Waals surface area contributed by atoms with Crippen molar-refractivity contribution in [1.29, 1.82) is 0 Å². The molecule has 0 atom stereocenters. The van der Waals surface area contributed by atoms with Crippen LogP contribution in [0.1, 0.15) is 10.4 Å². The number of anilines is 2. The third-order valence-electron chi connectivity index (χ3n) is 2.94. The Labute approximate surface area is 141 Å². The maximum absolute atomic E-state index is 11.8. The predicted molar refractivity (Wildman–Crippen MR) is 87.9 cm³/mol. The van der Waals surface area contributed by atoms with E-state index in [1.54, 1.807) is 0 Å². The molecule has 24 heavy (non-hydrogen) atoms. The van der Waals surface area contributed by atoms with E-state index in [0.717, 1.165) is 0 Å². The number of nitrogens with two attached hydrogens (primary N) is 1. The number of carbonyl (C=O) groups is 2. The van der Waals surface area contributed by atoms with Crippen molar-refractivity contribution in [3.05, 3.63) is 63.2 Å². The van der Waals surface area contributed by atoms with E-state index in [2.05, 4.69) is 5.32 Å². The molecule has 0 unspecified atom stereocenters. The fourth-order valence-corrected chi connectivity index (χ4v) is 1.93. The number of para-hydroxylation sites is 2. The van der Waals surface area contributed by atoms with Gasteiger partial charge in [-0.05, 0) is 24.3 Å². The number of nitrogen functional groups attached to an aromatic ring is 1. The van der Waals surface area contributed by atoms with E-state index in [1.807, 2.05) is 0 Å². The van der Waals surface area contributed by atoms with Gasteiger partial charge < -0.3 is 15.8 Å². The lowest BCUT2D eigenvalue weighted by atomic mass is 10.2. The first-order chi connectivity index (χ1) is 11.4. The fraction of sp³-hybridized carbons (Fsp3) is 0.0667. The Hall–Kier alpha value is -3.13. The molecule has 0 fully saturated rings. The first kappa shape index (κ1) is 17.2. The van der Waals surface area contributed by atoms with E-state index < -0.39 is 23.4 Å². The first-order valence-corrected chi connectivity index (χ1v) is 7.01. The smallest absolute Gasteiger partial charge is 0.338 e. The summed E-state index contributed by atoms with van der Waals surface area (Å²) in [4.78, 5) is 33.9. The van der Waals surface area contributed by atoms with Crippen LogP contribution in [0.5, 0.6) is 0 Å². The number of hydrogen-bond donors (Lipinski definition) is 2. The molecule has 0 aliphatic heterocycles. The number of halogens is 1. The summed E-state index contributed by atoms with van der Waals surface area (Å²) in [5.41, 5.74) is 5.67. The zero-order valence-corrected chi connectivity index (χ0v) is 12.9. The van der Waals surface area contributed by atoms with Crippen molar-refractivity contribution in [2.45, 2.75) is 0 Å². The van der Waals surface area contributed by atoms with Gasteiger partial charge in [-0.3, -0.25) is 14.9 Å². The zero-order chi connectivity index (χ0) is 17.7. The first-order valence-electron chi connectivity index (χ1n) is 6.64. The Bertz CT molecular complexity index is 809. The Kier molecular flexibility index (Phi) is 5.33. The Balaban J connectivity index is 1.97. The van der Waals surface area contributed by atoms with Crippen LogP contribution >= 0.6 is 11.6 Å². The molecule has 0 bridgehead atoms. The number of rotatable bonds is 5. The molecule has 124 valence electrons. The summed E-state index contributed by atoms with van der Waals surface area (Å²) in [5.74, 6) is -1.48. The van der Waals surface area contributed by atoms with Crippen LogP contribution in [0.15, 0.2) is 42.5 Å². The van der Waals surface area contributed by atoms with E-state index in [9.17, 15) is 19.7 Å². The van der Waals surface area contributed by atoms with E-state index in [-0.39, 0.29) is 22.6 Å². The van der Waals surface area contributed by atoms with Crippen LogP contribution in [0, 0.1) is 10.1 Å². The maximum atomic E-state index is 11.8. The molecule has 0 aliphatic carbocycles. The fourth-order valence-electron chi connectivity index (χ4n) is 1.81. The highest BCUT2D eigenvalue weighted by molar-refractivity contribution is 6.33. The molecule has 8 nitrogen and oxygen atoms in total. The van der Waals surface area contributed by atoms with Crippen molar-refractivity contribution in [2.75, 3.05) is 17.7 Å². The van der Waals surface area contributed by atoms with Gasteiger partial charge in [-0.25, -0.2) is 4.79 Å². The minimum atomic E-state index is -0.768. The highest BCUT2D eigenvalue weighted by Crippen LogP contribution is 2.23. The second kappa shape index (κ2) is 7.42. The normalized spacial score (nSPS) is 10.0. The molecule has 9 heteroatoms. The minimum Gasteiger partial charge on any atom is -0.452 e. The Morgan fingerprint density at radius 1 is 1.25 bits per heavy atom. The number of carbonyl (C=O) groups excluding carboxylic acids is 2. The molecule has 1 amide bonds. The van der Waals surface area contributed by atoms with Crippen molar-refractivity contribution in [2.24, 2.45) is 0 Å². The van der Waals surface area contributed by atoms with E-state index >= 15 is 0 Å². The number of amides is 1. The van der Waals surface area contributed by atoms with Crippen molar-refractivity contribution in [1.82, 2.24) is 0 Å². The topological polar surface area (TPSA) is 125 Å². The summed E-state index contributed by atoms with van der Waals surface area (Å²) >= 11 is 5.75. The van der Waals surface area contributed by atoms with Crippen molar-refractivity contribution in [3.63, 3.8) is 0 Å². The van der Waals surface area contributed by atoms with Gasteiger partial charge in [0.2, 0.25) is 0 Å². The molecule has 0 aromatic heterocycles. The summed E-state index contributed by atoms with van der Waals surface area (Å²) in [6.07, 6.45) is 0. The second-order valence-corrected chi connectivity index (χ2v) is 5.04. The lowest BCUT2D eigenvalue weighted by Crippen LogP contribution is -2.21. The molecular weight excluding hydrogens is 338 g/mol. The molecular formula is C15H12ClN3O5. The van der Waals surface area contributed by atoms with Crippen LogP contribution in [0.25, 0.3) is 0 Å². The lowest BCUT2D eigenvalue weighted by molar-refractivity contribution is -0.383. The maximum Gasteiger partial charge on any atom is 0.338 e. The van der Waals surface area contributed by atoms with Gasteiger partial charge in [0, 0.05) is 6.07 Å². The van der Waals surface area contributed by atoms with E-state index in [1.165, 1.54) is 42.5 Å². The molecule has 2 aromatic rings. The van der Waals surface area contributed by atoms with E-state index in [4.69, 9.17) is 22.1 Å². The summed E-state index contributed by atoms with van der Waals surface area (Å²) < 4.78 is 4.84. The van der Waals surface area contributed by atoms with Gasteiger partial charge >= 0.3 is 5.97 Å². The average Bonchev–Trinajstić information content (AvgIpc) is 2.55. The summed E-state index contributed by atoms with van der Waals surface area (Å²) in [6.45, 7) is -0.604. The van der Waals surface area contributed by atoms with Gasteiger partial charge in [-0.15, -0.1) is 0 Å². The summed E-state index contributed by atoms with van der Waals surface area (Å²) in [5, 5.41) is 13.5. The highest BCUT2D eigenvalue weighted by Gasteiger charge is 2.16. The molecule has 0 spiro atoms. The quantitative estimate of drug-likeness (QED) is 0.370. The Morgan fingerprint density at radius 3 is 2.62 bits per heavy atom. The third-order valence-corrected chi connectivity index (χ3v) is 3.29. The molecule has 0 radical (unpaired) electrons. The van der Waals surface area contributed by atoms with Crippen LogP contribution in [0.4, 0.5) is 17.1 Å². The van der Waals surface area contributed by atoms with Gasteiger partial charge in [-0.2, -0.15) is 0 Å². The van der Waals surface area contributed by atoms with Crippen molar-refractivity contribution < 1.29 is 19.2 Å². The zero-order valence-electron chi connectivity index (χ0n) is 12.2. The molecule has 0 saturated heterocycles. The van der Waals surface area contributed by atoms with Gasteiger partial charge in [0.05, 0.1) is 21.2 Å². The molecule has 2 rings (SSSR count). The number of hydrogen-bond acceptors (Lipinski definition) is 6. The largest absolute Gasteiger partial charge is 0.452 e. The van der Waals surface area contributed by atoms with Crippen LogP contribution in [-0.4, -0.2) is 23.4 Å². The van der Waals surface area contributed by atoms with Gasteiger partial charge in [0.25, 0.3) is 11.6 Å². The van der Waals surface area contributed by atoms with Crippen LogP contribution in [-0.2, 0) is 9.53 Å². The minimum absolute atomic E-state index is 0.0132. The molecule has 0 aliphatic rings. The van der Waals surface area contributed by atoms with Gasteiger partial charge in [-0.1, -0.05) is 23.7 Å².